The predicted molar refractivity (Wildman–Crippen MR) is 514 cm³/mol. The van der Waals surface area contributed by atoms with E-state index >= 15 is 9.59 Å². The van der Waals surface area contributed by atoms with Crippen LogP contribution in [-0.2, 0) is 107 Å². The number of nitrogens with zero attached hydrogens (tertiary/aromatic N) is 1. The van der Waals surface area contributed by atoms with Crippen LogP contribution in [0.2, 0.25) is 0 Å². The van der Waals surface area contributed by atoms with Gasteiger partial charge in [-0.05, 0) is 159 Å². The molecule has 2 aliphatic heterocycles. The van der Waals surface area contributed by atoms with Crippen LogP contribution in [0.25, 0.3) is 11.1 Å². The SMILES string of the molecule is CC[C@H](C)[C@H](NC(=O)CNC(=O)[C@H](CC(C)C)NC(=O)[C@@H]1CCCN1C(=O)CNC(=O)OCC1c2ccccc2-c2ccccc21)C(=O)N[C@@H](C)C(=O)NCC(=O)N[C@@H](CCC(N)=O)C(=O)N[C@@H](CC(C)C)C(=O)Nc1ccc(COC(=O)O[C@@H](C(=O)O[C@H]2C[C@@]3(O)[C@@H](OC(=O)c4cccc(F)c4)[C@@H]4[C@]5(OC(C)=O)CO[C@@H]5C[C@H](O)[C@@]4(C)C(=O)[C@H](O)C(=C2C)C3(C)C)[C@@H](NC(=O)OC(C)(C)C(F)(F)F)c2ccccc2)cc1. The molecule has 6 aliphatic rings. The maximum atomic E-state index is 15.5. The molecule has 44 heteroatoms. The number of benzene rings is 5. The van der Waals surface area contributed by atoms with Gasteiger partial charge in [-0.1, -0.05) is 159 Å². The molecule has 4 aliphatic carbocycles. The number of nitrogens with two attached hydrogens (primary N) is 1. The zero-order chi connectivity index (χ0) is 108. The van der Waals surface area contributed by atoms with Crippen molar-refractivity contribution in [2.24, 2.45) is 40.2 Å². The molecule has 147 heavy (non-hydrogen) atoms. The number of rotatable bonds is 41. The van der Waals surface area contributed by atoms with Gasteiger partial charge in [0.2, 0.25) is 70.8 Å². The molecular formula is C103H128F4N12O28. The number of aliphatic hydroxyl groups excluding tert-OH is 2. The number of nitrogens with one attached hydrogen (secondary N) is 10. The number of fused-ring (bicyclic) bond motifs is 8. The highest BCUT2D eigenvalue weighted by molar-refractivity contribution is 6.01. The molecule has 0 aromatic heterocycles. The molecule has 0 radical (unpaired) electrons. The monoisotopic (exact) mass is 2060 g/mol. The Morgan fingerprint density at radius 2 is 1.28 bits per heavy atom. The van der Waals surface area contributed by atoms with E-state index in [-0.39, 0.29) is 78.1 Å². The highest BCUT2D eigenvalue weighted by Crippen LogP contribution is 2.64. The van der Waals surface area contributed by atoms with E-state index in [0.29, 0.717) is 26.7 Å². The average molecular weight is 2060 g/mol. The number of primary amides is 1. The number of hydrogen-bond donors (Lipinski definition) is 14. The van der Waals surface area contributed by atoms with E-state index in [2.05, 4.69) is 53.2 Å². The van der Waals surface area contributed by atoms with Crippen molar-refractivity contribution in [2.45, 2.75) is 269 Å². The molecule has 18 atom stereocenters. The van der Waals surface area contributed by atoms with Crippen LogP contribution in [0.3, 0.4) is 0 Å². The zero-order valence-corrected chi connectivity index (χ0v) is 83.9. The highest BCUT2D eigenvalue weighted by Gasteiger charge is 2.78. The van der Waals surface area contributed by atoms with Crippen molar-refractivity contribution in [2.75, 3.05) is 44.7 Å². The Bertz CT molecular complexity index is 5760. The number of ether oxygens (including phenoxy) is 8. The minimum Gasteiger partial charge on any atom is -0.455 e. The Morgan fingerprint density at radius 3 is 1.87 bits per heavy atom. The summed E-state index contributed by atoms with van der Waals surface area (Å²) >= 11 is 0. The maximum absolute atomic E-state index is 15.5. The van der Waals surface area contributed by atoms with Gasteiger partial charge in [0.1, 0.15) is 97.9 Å². The van der Waals surface area contributed by atoms with Crippen molar-refractivity contribution in [1.82, 2.24) is 52.8 Å². The first-order valence-electron chi connectivity index (χ1n) is 48.5. The summed E-state index contributed by atoms with van der Waals surface area (Å²) in [6, 6.07) is 21.9. The molecule has 2 bridgehead atoms. The maximum Gasteiger partial charge on any atom is 0.509 e. The molecule has 5 aromatic carbocycles. The molecule has 796 valence electrons. The van der Waals surface area contributed by atoms with Crippen LogP contribution >= 0.6 is 0 Å². The fourth-order valence-electron chi connectivity index (χ4n) is 19.8. The van der Waals surface area contributed by atoms with E-state index in [9.17, 15) is 105 Å². The lowest BCUT2D eigenvalue weighted by molar-refractivity contribution is -0.346. The number of ketones is 1. The summed E-state index contributed by atoms with van der Waals surface area (Å²) in [5, 5.41) is 63.8. The van der Waals surface area contributed by atoms with E-state index in [0.717, 1.165) is 53.4 Å². The van der Waals surface area contributed by atoms with Crippen molar-refractivity contribution in [3.05, 3.63) is 172 Å². The average Bonchev–Trinajstić information content (AvgIpc) is 0.901. The first-order chi connectivity index (χ1) is 69.1. The smallest absolute Gasteiger partial charge is 0.455 e. The van der Waals surface area contributed by atoms with E-state index in [1.807, 2.05) is 48.5 Å². The van der Waals surface area contributed by atoms with Gasteiger partial charge in [-0.15, -0.1) is 0 Å². The molecule has 0 unspecified atom stereocenters. The van der Waals surface area contributed by atoms with Gasteiger partial charge in [0.15, 0.2) is 11.4 Å². The predicted octanol–water partition coefficient (Wildman–Crippen LogP) is 6.85. The minimum atomic E-state index is -5.21. The van der Waals surface area contributed by atoms with E-state index in [1.165, 1.54) is 94.1 Å². The number of likely N-dealkylation sites (tertiary alicyclic amines) is 1. The number of carbonyl (C=O) groups excluding carboxylic acids is 17. The number of esters is 3. The van der Waals surface area contributed by atoms with Crippen molar-refractivity contribution >= 4 is 107 Å². The second-order valence-electron chi connectivity index (χ2n) is 40.0. The van der Waals surface area contributed by atoms with E-state index < -0.39 is 296 Å². The number of amides is 12. The third-order valence-corrected chi connectivity index (χ3v) is 28.1. The lowest BCUT2D eigenvalue weighted by Crippen LogP contribution is -2.81. The summed E-state index contributed by atoms with van der Waals surface area (Å²) in [6.45, 7) is 15.9. The summed E-state index contributed by atoms with van der Waals surface area (Å²) < 4.78 is 104. The summed E-state index contributed by atoms with van der Waals surface area (Å²) in [4.78, 5) is 238. The van der Waals surface area contributed by atoms with Crippen LogP contribution in [0.4, 0.5) is 37.6 Å². The third-order valence-electron chi connectivity index (χ3n) is 28.1. The number of Topliss-reactive ketones (excluding diaryl/α,β-unsaturated/α-hetero) is 1. The van der Waals surface area contributed by atoms with Crippen LogP contribution < -0.4 is 58.9 Å². The number of anilines is 1. The number of halogens is 4. The molecule has 15 N–H and O–H groups in total. The fourth-order valence-corrected chi connectivity index (χ4v) is 19.8. The topological polar surface area (TPSA) is 574 Å². The summed E-state index contributed by atoms with van der Waals surface area (Å²) in [5.41, 5.74) is -3.78. The Balaban J connectivity index is 0.703. The van der Waals surface area contributed by atoms with E-state index in [4.69, 9.17) is 43.6 Å². The molecular weight excluding hydrogens is 1930 g/mol. The Morgan fingerprint density at radius 1 is 0.667 bits per heavy atom. The van der Waals surface area contributed by atoms with Crippen LogP contribution in [0.5, 0.6) is 0 Å². The standard InChI is InChI=1S/C103H128F4N12O28/c1-15-54(6)80(117-77(124)47-110-88(129)69(41-52(2)3)116-91(132)71-33-24-40-119(71)78(125)48-111-95(136)140-50-67-65-31-21-19-29-63(65)64-30-20-22-32-66(64)67)92(133)112-56(8)87(128)109-46-76(123)114-68(38-39-75(108)122)89(130)115-70(42-53(4)5)90(131)113-62-36-34-58(35-37-62)49-141-97(138)144-83(81(59-25-17-16-18-26-59)118-96(137)147-99(12,13)103(105,106)107)94(135)143-72-45-102(139)86(145-93(134)60-27-23-28-61(104)43-60)84-100(14,85(127)82(126)79(55(72)7)98(102,10)11)73(121)44-74-101(84,51-142-74)146-57(9)120/h16-23,25-32,34-37,43,52-54,56,67-74,80-84,86,121,126,139H,15,24,33,38-42,44-51H2,1-14H3,(H2,108,122)(H,109,128)(H,110,129)(H,111,136)(H,112,133)(H,113,131)(H,114,123)(H,115,130)(H,116,132)(H,117,124)(H,118,137)/t54-,56-,68-,69-,70-,71-,72-,73-,74+,80-,81-,82+,83+,84-,86-,100+,101-,102+/m0/s1. The minimum absolute atomic E-state index is 0.0116. The molecule has 2 heterocycles. The summed E-state index contributed by atoms with van der Waals surface area (Å²) in [6.07, 6.45) is -22.8. The quantitative estimate of drug-likeness (QED) is 0.00823. The number of aliphatic hydroxyl groups is 3. The zero-order valence-electron chi connectivity index (χ0n) is 83.9. The van der Waals surface area contributed by atoms with Crippen molar-refractivity contribution in [3.8, 4) is 11.1 Å². The van der Waals surface area contributed by atoms with Gasteiger partial charge in [0.25, 0.3) is 0 Å². The van der Waals surface area contributed by atoms with E-state index in [1.54, 1.807) is 41.5 Å². The van der Waals surface area contributed by atoms with Gasteiger partial charge >= 0.3 is 42.4 Å². The lowest BCUT2D eigenvalue weighted by atomic mass is 9.44. The molecule has 2 saturated carbocycles. The molecule has 11 rings (SSSR count). The fraction of sp³-hybridized carbons (Fsp3) is 0.524. The second-order valence-corrected chi connectivity index (χ2v) is 40.0. The lowest BCUT2D eigenvalue weighted by Gasteiger charge is -2.67. The molecule has 2 saturated heterocycles. The third kappa shape index (κ3) is 26.3. The summed E-state index contributed by atoms with van der Waals surface area (Å²) in [7, 11) is 0. The second kappa shape index (κ2) is 47.7. The molecule has 5 aromatic rings. The first-order valence-corrected chi connectivity index (χ1v) is 48.5. The molecule has 12 amide bonds. The number of alkyl carbamates (subject to hydrolysis) is 2. The molecule has 4 fully saturated rings. The molecule has 40 nitrogen and oxygen atoms in total. The van der Waals surface area contributed by atoms with Crippen LogP contribution in [-0.4, -0.2) is 257 Å². The van der Waals surface area contributed by atoms with Crippen LogP contribution in [0.15, 0.2) is 139 Å². The van der Waals surface area contributed by atoms with Gasteiger partial charge in [-0.2, -0.15) is 13.2 Å². The number of hydrogen-bond acceptors (Lipinski definition) is 28. The Labute approximate surface area is 845 Å². The van der Waals surface area contributed by atoms with Crippen LogP contribution in [0.1, 0.15) is 199 Å². The van der Waals surface area contributed by atoms with Crippen LogP contribution in [0, 0.1) is 40.3 Å². The number of alkyl halides is 3. The first kappa shape index (κ1) is 113. The van der Waals surface area contributed by atoms with Gasteiger partial charge in [0, 0.05) is 49.8 Å². The van der Waals surface area contributed by atoms with Gasteiger partial charge in [-0.25, -0.2) is 28.4 Å². The largest absolute Gasteiger partial charge is 0.509 e. The van der Waals surface area contributed by atoms with Crippen molar-refractivity contribution < 1.29 is 152 Å². The number of carbonyl (C=O) groups is 17. The van der Waals surface area contributed by atoms with Gasteiger partial charge in [-0.3, -0.25) is 57.5 Å². The Hall–Kier alpha value is -14.0. The molecule has 0 spiro atoms. The summed E-state index contributed by atoms with van der Waals surface area (Å²) in [5.74, 6) is -17.4. The highest BCUT2D eigenvalue weighted by atomic mass is 19.4. The van der Waals surface area contributed by atoms with Crippen molar-refractivity contribution in [3.63, 3.8) is 0 Å². The van der Waals surface area contributed by atoms with Crippen molar-refractivity contribution in [1.29, 1.82) is 0 Å². The van der Waals surface area contributed by atoms with Gasteiger partial charge in [0.05, 0.1) is 42.7 Å². The Kier molecular flexibility index (Phi) is 36.7. The van der Waals surface area contributed by atoms with Gasteiger partial charge < -0.3 is 117 Å². The normalized spacial score (nSPS) is 22.8.